The van der Waals surface area contributed by atoms with E-state index in [4.69, 9.17) is 0 Å². The number of carbonyl (C=O) groups excluding carboxylic acids is 1. The summed E-state index contributed by atoms with van der Waals surface area (Å²) in [5.74, 6) is -1.62. The Hall–Kier alpha value is -1.89. The number of alkyl halides is 3. The van der Waals surface area contributed by atoms with Gasteiger partial charge in [-0.05, 0) is 11.5 Å². The van der Waals surface area contributed by atoms with E-state index >= 15 is 0 Å². The van der Waals surface area contributed by atoms with Crippen molar-refractivity contribution < 1.29 is 18.0 Å². The highest BCUT2D eigenvalue weighted by atomic mass is 32.1. The van der Waals surface area contributed by atoms with Crippen LogP contribution in [0.25, 0.3) is 11.3 Å². The zero-order valence-corrected chi connectivity index (χ0v) is 12.2. The van der Waals surface area contributed by atoms with Crippen LogP contribution in [0, 0.1) is 0 Å². The summed E-state index contributed by atoms with van der Waals surface area (Å²) in [6, 6.07) is 7.63. The van der Waals surface area contributed by atoms with Gasteiger partial charge in [0, 0.05) is 10.9 Å². The minimum atomic E-state index is -4.91. The number of anilines is 1. The van der Waals surface area contributed by atoms with Gasteiger partial charge >= 0.3 is 12.1 Å². The van der Waals surface area contributed by atoms with Crippen LogP contribution >= 0.6 is 11.3 Å². The van der Waals surface area contributed by atoms with Crippen molar-refractivity contribution in [2.75, 3.05) is 5.32 Å². The van der Waals surface area contributed by atoms with E-state index in [-0.39, 0.29) is 5.13 Å². The van der Waals surface area contributed by atoms with E-state index < -0.39 is 12.1 Å². The number of nitrogens with one attached hydrogen (secondary N) is 1. The summed E-state index contributed by atoms with van der Waals surface area (Å²) < 4.78 is 36.4. The number of amides is 1. The fourth-order valence-corrected chi connectivity index (χ4v) is 2.39. The number of halogens is 3. The summed E-state index contributed by atoms with van der Waals surface area (Å²) in [6.45, 7) is 4.14. The van der Waals surface area contributed by atoms with Crippen molar-refractivity contribution in [3.63, 3.8) is 0 Å². The number of carbonyl (C=O) groups is 1. The lowest BCUT2D eigenvalue weighted by Gasteiger charge is -2.05. The number of aromatic nitrogens is 1. The van der Waals surface area contributed by atoms with Gasteiger partial charge in [0.2, 0.25) is 0 Å². The van der Waals surface area contributed by atoms with E-state index in [0.29, 0.717) is 11.6 Å². The number of benzene rings is 1. The number of rotatable bonds is 3. The molecule has 0 spiro atoms. The SMILES string of the molecule is CC(C)c1ccc(-c2csc(NC(=O)C(F)(F)F)n2)cc1. The summed E-state index contributed by atoms with van der Waals surface area (Å²) in [5, 5.41) is 3.28. The molecule has 3 nitrogen and oxygen atoms in total. The molecule has 0 unspecified atom stereocenters. The van der Waals surface area contributed by atoms with Gasteiger partial charge in [0.15, 0.2) is 5.13 Å². The smallest absolute Gasteiger partial charge is 0.294 e. The van der Waals surface area contributed by atoms with Crippen LogP contribution in [-0.4, -0.2) is 17.1 Å². The molecule has 1 N–H and O–H groups in total. The molecule has 0 aliphatic rings. The second-order valence-corrected chi connectivity index (χ2v) is 5.62. The molecule has 2 rings (SSSR count). The molecule has 0 saturated carbocycles. The van der Waals surface area contributed by atoms with Crippen molar-refractivity contribution in [2.24, 2.45) is 0 Å². The zero-order chi connectivity index (χ0) is 15.6. The van der Waals surface area contributed by atoms with Gasteiger partial charge in [-0.1, -0.05) is 38.1 Å². The Bertz CT molecular complexity index is 632. The largest absolute Gasteiger partial charge is 0.471 e. The van der Waals surface area contributed by atoms with Gasteiger partial charge in [0.1, 0.15) is 0 Å². The summed E-state index contributed by atoms with van der Waals surface area (Å²) in [5.41, 5.74) is 2.50. The summed E-state index contributed by atoms with van der Waals surface area (Å²) in [4.78, 5) is 14.8. The highest BCUT2D eigenvalue weighted by Gasteiger charge is 2.39. The van der Waals surface area contributed by atoms with Crippen molar-refractivity contribution in [2.45, 2.75) is 25.9 Å². The fraction of sp³-hybridized carbons (Fsp3) is 0.286. The normalized spacial score (nSPS) is 11.7. The van der Waals surface area contributed by atoms with Gasteiger partial charge in [-0.3, -0.25) is 10.1 Å². The molecular weight excluding hydrogens is 301 g/mol. The number of thiazole rings is 1. The van der Waals surface area contributed by atoms with E-state index in [0.717, 1.165) is 16.9 Å². The Morgan fingerprint density at radius 2 is 1.86 bits per heavy atom. The quantitative estimate of drug-likeness (QED) is 0.910. The molecule has 0 aliphatic carbocycles. The van der Waals surface area contributed by atoms with E-state index in [1.807, 2.05) is 24.3 Å². The monoisotopic (exact) mass is 314 g/mol. The third kappa shape index (κ3) is 3.81. The van der Waals surface area contributed by atoms with Crippen molar-refractivity contribution in [1.29, 1.82) is 0 Å². The molecule has 0 aliphatic heterocycles. The highest BCUT2D eigenvalue weighted by molar-refractivity contribution is 7.14. The Morgan fingerprint density at radius 3 is 2.38 bits per heavy atom. The lowest BCUT2D eigenvalue weighted by Crippen LogP contribution is -2.29. The molecule has 0 radical (unpaired) electrons. The maximum atomic E-state index is 12.1. The minimum Gasteiger partial charge on any atom is -0.294 e. The summed E-state index contributed by atoms with van der Waals surface area (Å²) in [6.07, 6.45) is -4.91. The van der Waals surface area contributed by atoms with E-state index in [1.54, 1.807) is 10.7 Å². The average Bonchev–Trinajstić information content (AvgIpc) is 2.86. The first-order valence-corrected chi connectivity index (χ1v) is 7.09. The van der Waals surface area contributed by atoms with Crippen LogP contribution in [0.5, 0.6) is 0 Å². The van der Waals surface area contributed by atoms with Crippen molar-refractivity contribution in [1.82, 2.24) is 4.98 Å². The number of hydrogen-bond donors (Lipinski definition) is 1. The van der Waals surface area contributed by atoms with Crippen molar-refractivity contribution in [3.8, 4) is 11.3 Å². The van der Waals surface area contributed by atoms with Crippen LogP contribution in [0.4, 0.5) is 18.3 Å². The molecule has 0 fully saturated rings. The molecule has 1 aromatic heterocycles. The van der Waals surface area contributed by atoms with Crippen LogP contribution in [0.2, 0.25) is 0 Å². The number of nitrogens with zero attached hydrogens (tertiary/aromatic N) is 1. The van der Waals surface area contributed by atoms with Crippen LogP contribution in [-0.2, 0) is 4.79 Å². The minimum absolute atomic E-state index is 0.0692. The third-order valence-electron chi connectivity index (χ3n) is 2.86. The lowest BCUT2D eigenvalue weighted by molar-refractivity contribution is -0.167. The molecule has 112 valence electrons. The first kappa shape index (κ1) is 15.5. The van der Waals surface area contributed by atoms with Crippen molar-refractivity contribution >= 4 is 22.4 Å². The molecular formula is C14H13F3N2OS. The molecule has 0 saturated heterocycles. The summed E-state index contributed by atoms with van der Waals surface area (Å²) in [7, 11) is 0. The second kappa shape index (κ2) is 5.85. The van der Waals surface area contributed by atoms with Gasteiger partial charge in [0.25, 0.3) is 0 Å². The van der Waals surface area contributed by atoms with Gasteiger partial charge in [-0.15, -0.1) is 11.3 Å². The predicted octanol–water partition coefficient (Wildman–Crippen LogP) is 4.43. The van der Waals surface area contributed by atoms with Crippen molar-refractivity contribution in [3.05, 3.63) is 35.2 Å². The van der Waals surface area contributed by atoms with E-state index in [2.05, 4.69) is 18.8 Å². The molecule has 2 aromatic rings. The predicted molar refractivity (Wildman–Crippen MR) is 76.3 cm³/mol. The topological polar surface area (TPSA) is 42.0 Å². The Labute approximate surface area is 123 Å². The van der Waals surface area contributed by atoms with Gasteiger partial charge in [-0.2, -0.15) is 13.2 Å². The highest BCUT2D eigenvalue weighted by Crippen LogP contribution is 2.27. The first-order chi connectivity index (χ1) is 9.77. The zero-order valence-electron chi connectivity index (χ0n) is 11.4. The molecule has 7 heteroatoms. The Morgan fingerprint density at radius 1 is 1.24 bits per heavy atom. The van der Waals surface area contributed by atoms with E-state index in [1.165, 1.54) is 5.56 Å². The van der Waals surface area contributed by atoms with Gasteiger partial charge in [-0.25, -0.2) is 4.98 Å². The Kier molecular flexibility index (Phi) is 4.32. The molecule has 1 amide bonds. The number of hydrogen-bond acceptors (Lipinski definition) is 3. The van der Waals surface area contributed by atoms with E-state index in [9.17, 15) is 18.0 Å². The third-order valence-corrected chi connectivity index (χ3v) is 3.61. The maximum absolute atomic E-state index is 12.1. The fourth-order valence-electron chi connectivity index (χ4n) is 1.67. The lowest BCUT2D eigenvalue weighted by atomic mass is 10.0. The van der Waals surface area contributed by atoms with Crippen LogP contribution in [0.15, 0.2) is 29.6 Å². The van der Waals surface area contributed by atoms with Gasteiger partial charge < -0.3 is 0 Å². The second-order valence-electron chi connectivity index (χ2n) is 4.77. The molecule has 1 heterocycles. The van der Waals surface area contributed by atoms with Crippen LogP contribution in [0.1, 0.15) is 25.3 Å². The standard InChI is InChI=1S/C14H13F3N2OS/c1-8(2)9-3-5-10(6-4-9)11-7-21-13(18-11)19-12(20)14(15,16)17/h3-8H,1-2H3,(H,18,19,20). The molecule has 1 aromatic carbocycles. The maximum Gasteiger partial charge on any atom is 0.471 e. The molecule has 0 atom stereocenters. The van der Waals surface area contributed by atoms with Crippen LogP contribution in [0.3, 0.4) is 0 Å². The average molecular weight is 314 g/mol. The molecule has 21 heavy (non-hydrogen) atoms. The van der Waals surface area contributed by atoms with Gasteiger partial charge in [0.05, 0.1) is 5.69 Å². The Balaban J connectivity index is 2.14. The summed E-state index contributed by atoms with van der Waals surface area (Å²) >= 11 is 0.956. The molecule has 0 bridgehead atoms. The first-order valence-electron chi connectivity index (χ1n) is 6.21. The van der Waals surface area contributed by atoms with Crippen LogP contribution < -0.4 is 5.32 Å².